The van der Waals surface area contributed by atoms with E-state index in [9.17, 15) is 4.79 Å². The van der Waals surface area contributed by atoms with Crippen LogP contribution in [0.5, 0.6) is 0 Å². The zero-order valence-corrected chi connectivity index (χ0v) is 9.62. The first-order valence-electron chi connectivity index (χ1n) is 5.63. The van der Waals surface area contributed by atoms with Crippen molar-refractivity contribution in [3.05, 3.63) is 0 Å². The number of nitrogens with one attached hydrogen (secondary N) is 1. The van der Waals surface area contributed by atoms with Crippen LogP contribution in [-0.2, 0) is 4.79 Å². The summed E-state index contributed by atoms with van der Waals surface area (Å²) in [4.78, 5) is 13.9. The highest BCUT2D eigenvalue weighted by molar-refractivity contribution is 5.80. The highest BCUT2D eigenvalue weighted by atomic mass is 16.2. The summed E-state index contributed by atoms with van der Waals surface area (Å²) in [6, 6.07) is 0. The van der Waals surface area contributed by atoms with Crippen LogP contribution in [0, 0.1) is 24.2 Å². The van der Waals surface area contributed by atoms with Crippen molar-refractivity contribution in [1.82, 2.24) is 10.2 Å². The van der Waals surface area contributed by atoms with Crippen LogP contribution in [0.25, 0.3) is 0 Å². The number of carbonyl (C=O) groups excluding carboxylic acids is 1. The highest BCUT2D eigenvalue weighted by Crippen LogP contribution is 2.18. The number of hydrogen-bond acceptors (Lipinski definition) is 2. The summed E-state index contributed by atoms with van der Waals surface area (Å²) in [5.74, 6) is 3.31. The molecule has 0 aromatic carbocycles. The predicted octanol–water partition coefficient (Wildman–Crippen LogP) is 0.714. The lowest BCUT2D eigenvalue weighted by Gasteiger charge is -2.24. The number of rotatable bonds is 4. The molecule has 2 atom stereocenters. The summed E-state index contributed by atoms with van der Waals surface area (Å²) < 4.78 is 0. The molecule has 1 aliphatic heterocycles. The second-order valence-electron chi connectivity index (χ2n) is 4.21. The number of hydrogen-bond donors (Lipinski definition) is 1. The van der Waals surface area contributed by atoms with Crippen molar-refractivity contribution < 1.29 is 4.79 Å². The lowest BCUT2D eigenvalue weighted by Crippen LogP contribution is -2.39. The Balaban J connectivity index is 2.58. The fourth-order valence-corrected chi connectivity index (χ4v) is 2.02. The van der Waals surface area contributed by atoms with Crippen LogP contribution in [0.15, 0.2) is 0 Å². The number of amides is 1. The number of carbonyl (C=O) groups is 1. The Morgan fingerprint density at radius 1 is 1.60 bits per heavy atom. The molecule has 1 N–H and O–H groups in total. The van der Waals surface area contributed by atoms with E-state index >= 15 is 0 Å². The van der Waals surface area contributed by atoms with Crippen LogP contribution in [0.2, 0.25) is 0 Å². The Bertz CT molecular complexity index is 257. The van der Waals surface area contributed by atoms with Crippen LogP contribution in [0.1, 0.15) is 20.3 Å². The molecule has 0 radical (unpaired) electrons. The van der Waals surface area contributed by atoms with Gasteiger partial charge in [0.15, 0.2) is 0 Å². The van der Waals surface area contributed by atoms with Crippen LogP contribution in [-0.4, -0.2) is 37.0 Å². The maximum Gasteiger partial charge on any atom is 0.228 e. The Morgan fingerprint density at radius 2 is 2.33 bits per heavy atom. The van der Waals surface area contributed by atoms with E-state index in [1.54, 1.807) is 4.90 Å². The van der Waals surface area contributed by atoms with Gasteiger partial charge >= 0.3 is 0 Å². The van der Waals surface area contributed by atoms with E-state index in [2.05, 4.69) is 25.1 Å². The zero-order chi connectivity index (χ0) is 11.3. The quantitative estimate of drug-likeness (QED) is 0.690. The second kappa shape index (κ2) is 5.77. The zero-order valence-electron chi connectivity index (χ0n) is 9.62. The summed E-state index contributed by atoms with van der Waals surface area (Å²) >= 11 is 0. The lowest BCUT2D eigenvalue weighted by atomic mass is 9.96. The molecule has 0 aromatic rings. The van der Waals surface area contributed by atoms with Gasteiger partial charge in [-0.3, -0.25) is 4.79 Å². The van der Waals surface area contributed by atoms with E-state index in [0.29, 0.717) is 12.5 Å². The average molecular weight is 208 g/mol. The molecule has 3 nitrogen and oxygen atoms in total. The van der Waals surface area contributed by atoms with E-state index in [-0.39, 0.29) is 11.8 Å². The molecule has 0 saturated carbocycles. The van der Waals surface area contributed by atoms with Gasteiger partial charge < -0.3 is 10.2 Å². The van der Waals surface area contributed by atoms with Gasteiger partial charge in [0.1, 0.15) is 0 Å². The van der Waals surface area contributed by atoms with Gasteiger partial charge in [-0.05, 0) is 18.9 Å². The Hall–Kier alpha value is -1.01. The van der Waals surface area contributed by atoms with E-state index in [1.807, 2.05) is 0 Å². The predicted molar refractivity (Wildman–Crippen MR) is 61.2 cm³/mol. The first kappa shape index (κ1) is 12.1. The van der Waals surface area contributed by atoms with Crippen molar-refractivity contribution >= 4 is 5.91 Å². The van der Waals surface area contributed by atoms with Crippen LogP contribution in [0.3, 0.4) is 0 Å². The molecule has 1 saturated heterocycles. The van der Waals surface area contributed by atoms with Gasteiger partial charge in [-0.25, -0.2) is 0 Å². The molecule has 3 heteroatoms. The molecule has 1 fully saturated rings. The second-order valence-corrected chi connectivity index (χ2v) is 4.21. The minimum atomic E-state index is 0.116. The highest BCUT2D eigenvalue weighted by Gasteiger charge is 2.32. The standard InChI is InChI=1S/C12H20N2O/c1-4-6-14(7-5-2)12(15)11-9-13-8-10(11)3/h1,10-11,13H,5-9H2,2-3H3. The first-order valence-corrected chi connectivity index (χ1v) is 5.63. The van der Waals surface area contributed by atoms with Gasteiger partial charge in [0, 0.05) is 13.1 Å². The minimum absolute atomic E-state index is 0.116. The number of nitrogens with zero attached hydrogens (tertiary/aromatic N) is 1. The van der Waals surface area contributed by atoms with Crippen molar-refractivity contribution in [2.45, 2.75) is 20.3 Å². The molecule has 1 rings (SSSR count). The van der Waals surface area contributed by atoms with Gasteiger partial charge in [-0.1, -0.05) is 19.8 Å². The molecule has 1 aliphatic rings. The van der Waals surface area contributed by atoms with Crippen molar-refractivity contribution in [3.63, 3.8) is 0 Å². The average Bonchev–Trinajstić information content (AvgIpc) is 2.63. The summed E-state index contributed by atoms with van der Waals surface area (Å²) in [6.07, 6.45) is 6.23. The first-order chi connectivity index (χ1) is 7.20. The van der Waals surface area contributed by atoms with Crippen molar-refractivity contribution in [1.29, 1.82) is 0 Å². The fourth-order valence-electron chi connectivity index (χ4n) is 2.02. The molecular weight excluding hydrogens is 188 g/mol. The van der Waals surface area contributed by atoms with Gasteiger partial charge in [-0.2, -0.15) is 0 Å². The SMILES string of the molecule is C#CCN(CCC)C(=O)C1CNCC1C. The lowest BCUT2D eigenvalue weighted by molar-refractivity contribution is -0.135. The van der Waals surface area contributed by atoms with E-state index in [1.165, 1.54) is 0 Å². The summed E-state index contributed by atoms with van der Waals surface area (Å²) in [5.41, 5.74) is 0. The molecule has 0 bridgehead atoms. The van der Waals surface area contributed by atoms with Crippen LogP contribution < -0.4 is 5.32 Å². The smallest absolute Gasteiger partial charge is 0.228 e. The third-order valence-electron chi connectivity index (χ3n) is 2.92. The maximum atomic E-state index is 12.1. The normalized spacial score (nSPS) is 24.9. The molecule has 0 aromatic heterocycles. The molecular formula is C12H20N2O. The van der Waals surface area contributed by atoms with Crippen molar-refractivity contribution in [2.75, 3.05) is 26.2 Å². The maximum absolute atomic E-state index is 12.1. The summed E-state index contributed by atoms with van der Waals surface area (Å²) in [6.45, 7) is 7.12. The van der Waals surface area contributed by atoms with Crippen LogP contribution in [0.4, 0.5) is 0 Å². The molecule has 0 aliphatic carbocycles. The van der Waals surface area contributed by atoms with E-state index < -0.39 is 0 Å². The largest absolute Gasteiger partial charge is 0.331 e. The van der Waals surface area contributed by atoms with Gasteiger partial charge in [0.25, 0.3) is 0 Å². The minimum Gasteiger partial charge on any atom is -0.331 e. The fraction of sp³-hybridized carbons (Fsp3) is 0.750. The van der Waals surface area contributed by atoms with Crippen LogP contribution >= 0.6 is 0 Å². The third-order valence-corrected chi connectivity index (χ3v) is 2.92. The van der Waals surface area contributed by atoms with Gasteiger partial charge in [0.05, 0.1) is 12.5 Å². The van der Waals surface area contributed by atoms with Crippen molar-refractivity contribution in [2.24, 2.45) is 11.8 Å². The molecule has 1 heterocycles. The monoisotopic (exact) mass is 208 g/mol. The van der Waals surface area contributed by atoms with E-state index in [4.69, 9.17) is 6.42 Å². The molecule has 15 heavy (non-hydrogen) atoms. The Morgan fingerprint density at radius 3 is 2.80 bits per heavy atom. The molecule has 84 valence electrons. The van der Waals surface area contributed by atoms with E-state index in [0.717, 1.165) is 26.1 Å². The number of terminal acetylenes is 1. The molecule has 0 spiro atoms. The Labute approximate surface area is 92.2 Å². The summed E-state index contributed by atoms with van der Waals surface area (Å²) in [5, 5.41) is 3.24. The summed E-state index contributed by atoms with van der Waals surface area (Å²) in [7, 11) is 0. The Kier molecular flexibility index (Phi) is 4.64. The van der Waals surface area contributed by atoms with Gasteiger partial charge in [0.2, 0.25) is 5.91 Å². The molecule has 1 amide bonds. The van der Waals surface area contributed by atoms with Crippen molar-refractivity contribution in [3.8, 4) is 12.3 Å². The third kappa shape index (κ3) is 2.97. The van der Waals surface area contributed by atoms with Gasteiger partial charge in [-0.15, -0.1) is 6.42 Å². The topological polar surface area (TPSA) is 32.3 Å². The molecule has 2 unspecified atom stereocenters.